The number of aryl methyl sites for hydroxylation is 2. The molecule has 108 valence electrons. The van der Waals surface area contributed by atoms with Crippen molar-refractivity contribution in [2.24, 2.45) is 0 Å². The van der Waals surface area contributed by atoms with Gasteiger partial charge in [-0.3, -0.25) is 0 Å². The lowest BCUT2D eigenvalue weighted by Gasteiger charge is -2.01. The normalized spacial score (nSPS) is 10.8. The second-order valence-corrected chi connectivity index (χ2v) is 5.86. The average Bonchev–Trinajstić information content (AvgIpc) is 2.95. The molecule has 3 heteroatoms. The molecular weight excluding hydrogens is 266 g/mol. The van der Waals surface area contributed by atoms with E-state index < -0.39 is 0 Å². The van der Waals surface area contributed by atoms with Gasteiger partial charge in [0.1, 0.15) is 11.3 Å². The summed E-state index contributed by atoms with van der Waals surface area (Å²) < 4.78 is 5.41. The summed E-state index contributed by atoms with van der Waals surface area (Å²) in [5.41, 5.74) is 1.46. The van der Waals surface area contributed by atoms with Crippen LogP contribution in [-0.2, 0) is 12.8 Å². The smallest absolute Gasteiger partial charge is 0.195 e. The second kappa shape index (κ2) is 8.85. The van der Waals surface area contributed by atoms with E-state index in [2.05, 4.69) is 35.3 Å². The molecule has 1 aromatic heterocycles. The Balaban J connectivity index is 1.49. The van der Waals surface area contributed by atoms with Crippen LogP contribution in [0.5, 0.6) is 0 Å². The number of benzene rings is 1. The number of rotatable bonds is 9. The molecule has 2 aromatic rings. The summed E-state index contributed by atoms with van der Waals surface area (Å²) in [6.45, 7) is 0. The lowest BCUT2D eigenvalue weighted by Crippen LogP contribution is -1.88. The first-order valence-corrected chi connectivity index (χ1v) is 8.63. The molecule has 0 aliphatic carbocycles. The zero-order valence-corrected chi connectivity index (χ0v) is 13.0. The van der Waals surface area contributed by atoms with Crippen LogP contribution in [0.3, 0.4) is 0 Å². The molecule has 20 heavy (non-hydrogen) atoms. The third-order valence-corrected chi connectivity index (χ3v) is 4.04. The van der Waals surface area contributed by atoms with E-state index in [1.807, 2.05) is 6.26 Å². The van der Waals surface area contributed by atoms with Gasteiger partial charge in [0.05, 0.1) is 0 Å². The Morgan fingerprint density at radius 2 is 1.65 bits per heavy atom. The SMILES string of the molecule is CSc1coc(CCCCCCCc2ccccc2)n1. The van der Waals surface area contributed by atoms with Gasteiger partial charge in [-0.15, -0.1) is 11.8 Å². The van der Waals surface area contributed by atoms with Gasteiger partial charge in [0.25, 0.3) is 0 Å². The summed E-state index contributed by atoms with van der Waals surface area (Å²) in [6, 6.07) is 10.7. The molecule has 0 saturated heterocycles. The van der Waals surface area contributed by atoms with E-state index in [0.717, 1.165) is 17.3 Å². The van der Waals surface area contributed by atoms with Crippen LogP contribution in [0.2, 0.25) is 0 Å². The van der Waals surface area contributed by atoms with Gasteiger partial charge >= 0.3 is 0 Å². The van der Waals surface area contributed by atoms with E-state index >= 15 is 0 Å². The molecule has 0 fully saturated rings. The summed E-state index contributed by atoms with van der Waals surface area (Å²) in [5, 5.41) is 0.989. The maximum atomic E-state index is 5.41. The second-order valence-electron chi connectivity index (χ2n) is 5.04. The minimum absolute atomic E-state index is 0.888. The third-order valence-electron chi connectivity index (χ3n) is 3.44. The molecule has 0 N–H and O–H groups in total. The first-order valence-electron chi connectivity index (χ1n) is 7.41. The zero-order valence-electron chi connectivity index (χ0n) is 12.2. The molecule has 0 unspecified atom stereocenters. The van der Waals surface area contributed by atoms with Crippen LogP contribution in [0.4, 0.5) is 0 Å². The van der Waals surface area contributed by atoms with E-state index in [4.69, 9.17) is 4.42 Å². The highest BCUT2D eigenvalue weighted by Crippen LogP contribution is 2.15. The van der Waals surface area contributed by atoms with Crippen molar-refractivity contribution in [3.05, 3.63) is 48.0 Å². The van der Waals surface area contributed by atoms with Crippen molar-refractivity contribution in [1.29, 1.82) is 0 Å². The molecule has 1 aromatic carbocycles. The molecule has 0 amide bonds. The van der Waals surface area contributed by atoms with Crippen molar-refractivity contribution >= 4 is 11.8 Å². The highest BCUT2D eigenvalue weighted by molar-refractivity contribution is 7.98. The lowest BCUT2D eigenvalue weighted by atomic mass is 10.1. The predicted molar refractivity (Wildman–Crippen MR) is 85.2 cm³/mol. The zero-order chi connectivity index (χ0) is 14.0. The number of hydrogen-bond donors (Lipinski definition) is 0. The van der Waals surface area contributed by atoms with Gasteiger partial charge in [0.15, 0.2) is 5.89 Å². The van der Waals surface area contributed by atoms with Crippen LogP contribution in [0.15, 0.2) is 46.0 Å². The summed E-state index contributed by atoms with van der Waals surface area (Å²) in [6.07, 6.45) is 12.3. The molecule has 2 rings (SSSR count). The van der Waals surface area contributed by atoms with Crippen LogP contribution in [0.25, 0.3) is 0 Å². The molecule has 1 heterocycles. The van der Waals surface area contributed by atoms with Gasteiger partial charge in [-0.05, 0) is 31.1 Å². The van der Waals surface area contributed by atoms with Crippen molar-refractivity contribution < 1.29 is 4.42 Å². The molecule has 2 nitrogen and oxygen atoms in total. The minimum Gasteiger partial charge on any atom is -0.448 e. The number of aromatic nitrogens is 1. The van der Waals surface area contributed by atoms with Gasteiger partial charge in [0, 0.05) is 6.42 Å². The summed E-state index contributed by atoms with van der Waals surface area (Å²) in [5.74, 6) is 0.888. The number of oxazole rings is 1. The van der Waals surface area contributed by atoms with E-state index in [0.29, 0.717) is 0 Å². The number of nitrogens with zero attached hydrogens (tertiary/aromatic N) is 1. The molecular formula is C17H23NOS. The fraction of sp³-hybridized carbons (Fsp3) is 0.471. The number of unbranched alkanes of at least 4 members (excludes halogenated alkanes) is 4. The van der Waals surface area contributed by atoms with E-state index in [1.165, 1.54) is 44.1 Å². The minimum atomic E-state index is 0.888. The molecule has 0 spiro atoms. The molecule has 0 aliphatic heterocycles. The van der Waals surface area contributed by atoms with Crippen molar-refractivity contribution in [3.8, 4) is 0 Å². The quantitative estimate of drug-likeness (QED) is 0.472. The Labute approximate surface area is 126 Å². The topological polar surface area (TPSA) is 26.0 Å². The molecule has 0 atom stereocenters. The highest BCUT2D eigenvalue weighted by atomic mass is 32.2. The van der Waals surface area contributed by atoms with E-state index in [-0.39, 0.29) is 0 Å². The fourth-order valence-electron chi connectivity index (χ4n) is 2.28. The van der Waals surface area contributed by atoms with Crippen LogP contribution in [0, 0.1) is 0 Å². The molecule has 0 bridgehead atoms. The van der Waals surface area contributed by atoms with Gasteiger partial charge in [0.2, 0.25) is 0 Å². The Kier molecular flexibility index (Phi) is 6.72. The van der Waals surface area contributed by atoms with Crippen LogP contribution < -0.4 is 0 Å². The Morgan fingerprint density at radius 3 is 2.35 bits per heavy atom. The predicted octanol–water partition coefficient (Wildman–Crippen LogP) is 5.13. The summed E-state index contributed by atoms with van der Waals surface area (Å²) in [4.78, 5) is 4.40. The van der Waals surface area contributed by atoms with Crippen LogP contribution in [-0.4, -0.2) is 11.2 Å². The molecule has 0 radical (unpaired) electrons. The summed E-state index contributed by atoms with van der Waals surface area (Å²) in [7, 11) is 0. The van der Waals surface area contributed by atoms with Crippen molar-refractivity contribution in [2.75, 3.05) is 6.26 Å². The van der Waals surface area contributed by atoms with Gasteiger partial charge in [-0.25, -0.2) is 4.98 Å². The maximum absolute atomic E-state index is 5.41. The molecule has 0 saturated carbocycles. The van der Waals surface area contributed by atoms with E-state index in [9.17, 15) is 0 Å². The maximum Gasteiger partial charge on any atom is 0.195 e. The van der Waals surface area contributed by atoms with Crippen molar-refractivity contribution in [1.82, 2.24) is 4.98 Å². The average molecular weight is 289 g/mol. The first-order chi connectivity index (χ1) is 9.88. The van der Waals surface area contributed by atoms with Crippen LogP contribution >= 0.6 is 11.8 Å². The van der Waals surface area contributed by atoms with E-state index in [1.54, 1.807) is 18.0 Å². The Bertz CT molecular complexity index is 481. The number of hydrogen-bond acceptors (Lipinski definition) is 3. The van der Waals surface area contributed by atoms with Crippen molar-refractivity contribution in [2.45, 2.75) is 50.0 Å². The van der Waals surface area contributed by atoms with Gasteiger partial charge in [-0.2, -0.15) is 0 Å². The van der Waals surface area contributed by atoms with Crippen LogP contribution in [0.1, 0.15) is 43.6 Å². The monoisotopic (exact) mass is 289 g/mol. The third kappa shape index (κ3) is 5.41. The Morgan fingerprint density at radius 1 is 0.950 bits per heavy atom. The van der Waals surface area contributed by atoms with Gasteiger partial charge in [-0.1, -0.05) is 49.6 Å². The lowest BCUT2D eigenvalue weighted by molar-refractivity contribution is 0.477. The standard InChI is InChI=1S/C17H23NOS/c1-20-17-14-19-16(18-17)13-9-4-2-3-6-10-15-11-7-5-8-12-15/h5,7-8,11-12,14H,2-4,6,9-10,13H2,1H3. The highest BCUT2D eigenvalue weighted by Gasteiger charge is 2.02. The fourth-order valence-corrected chi connectivity index (χ4v) is 2.62. The van der Waals surface area contributed by atoms with Crippen molar-refractivity contribution in [3.63, 3.8) is 0 Å². The molecule has 0 aliphatic rings. The summed E-state index contributed by atoms with van der Waals surface area (Å²) >= 11 is 1.63. The Hall–Kier alpha value is -1.22. The first kappa shape index (κ1) is 15.2. The largest absolute Gasteiger partial charge is 0.448 e. The number of thioether (sulfide) groups is 1. The van der Waals surface area contributed by atoms with Gasteiger partial charge < -0.3 is 4.42 Å².